The molecule has 0 amide bonds. The normalized spacial score (nSPS) is 10.4. The summed E-state index contributed by atoms with van der Waals surface area (Å²) in [6.07, 6.45) is 1.58. The lowest BCUT2D eigenvalue weighted by molar-refractivity contribution is 0.269. The molecule has 4 nitrogen and oxygen atoms in total. The fraction of sp³-hybridized carbons (Fsp3) is 0.231. The van der Waals surface area contributed by atoms with Gasteiger partial charge >= 0.3 is 6.01 Å². The van der Waals surface area contributed by atoms with Crippen molar-refractivity contribution in [2.75, 3.05) is 0 Å². The number of hydrogen-bond acceptors (Lipinski definition) is 4. The van der Waals surface area contributed by atoms with E-state index in [1.54, 1.807) is 6.20 Å². The van der Waals surface area contributed by atoms with Crippen LogP contribution in [-0.2, 0) is 13.2 Å². The Morgan fingerprint density at radius 2 is 2.06 bits per heavy atom. The van der Waals surface area contributed by atoms with Gasteiger partial charge in [0.1, 0.15) is 6.61 Å². The summed E-state index contributed by atoms with van der Waals surface area (Å²) in [5.74, 6) is 0. The monoisotopic (exact) mass is 308 g/mol. The number of aryl methyl sites for hydroxylation is 1. The second-order valence-corrected chi connectivity index (χ2v) is 4.66. The first-order chi connectivity index (χ1) is 8.70. The van der Waals surface area contributed by atoms with Crippen LogP contribution in [0.1, 0.15) is 16.8 Å². The molecule has 0 unspecified atom stereocenters. The van der Waals surface area contributed by atoms with Crippen LogP contribution in [0.2, 0.25) is 0 Å². The highest BCUT2D eigenvalue weighted by Gasteiger charge is 2.05. The van der Waals surface area contributed by atoms with E-state index in [-0.39, 0.29) is 6.61 Å². The van der Waals surface area contributed by atoms with Crippen LogP contribution in [0.15, 0.2) is 34.9 Å². The van der Waals surface area contributed by atoms with Crippen LogP contribution >= 0.6 is 15.9 Å². The number of benzene rings is 1. The molecule has 5 heteroatoms. The van der Waals surface area contributed by atoms with E-state index in [1.807, 2.05) is 31.2 Å². The maximum Gasteiger partial charge on any atom is 0.316 e. The van der Waals surface area contributed by atoms with E-state index in [0.29, 0.717) is 18.2 Å². The van der Waals surface area contributed by atoms with E-state index in [4.69, 9.17) is 9.84 Å². The maximum absolute atomic E-state index is 9.03. The molecule has 0 bridgehead atoms. The first kappa shape index (κ1) is 13.0. The van der Waals surface area contributed by atoms with E-state index in [9.17, 15) is 0 Å². The predicted molar refractivity (Wildman–Crippen MR) is 71.2 cm³/mol. The Hall–Kier alpha value is -1.46. The second kappa shape index (κ2) is 5.93. The minimum absolute atomic E-state index is 0.0592. The smallest absolute Gasteiger partial charge is 0.316 e. The Morgan fingerprint density at radius 3 is 2.72 bits per heavy atom. The van der Waals surface area contributed by atoms with Crippen molar-refractivity contribution in [3.8, 4) is 6.01 Å². The van der Waals surface area contributed by atoms with Crippen LogP contribution in [0, 0.1) is 6.92 Å². The van der Waals surface area contributed by atoms with E-state index in [1.165, 1.54) is 0 Å². The van der Waals surface area contributed by atoms with Gasteiger partial charge in [-0.1, -0.05) is 34.1 Å². The Kier molecular flexibility index (Phi) is 4.28. The molecule has 1 aromatic carbocycles. The predicted octanol–water partition coefficient (Wildman–Crippen LogP) is 2.62. The molecule has 0 saturated heterocycles. The number of nitrogens with zero attached hydrogens (tertiary/aromatic N) is 2. The van der Waals surface area contributed by atoms with Crippen LogP contribution < -0.4 is 4.74 Å². The minimum atomic E-state index is -0.0592. The molecule has 2 aromatic rings. The first-order valence-corrected chi connectivity index (χ1v) is 6.29. The Bertz CT molecular complexity index is 546. The molecule has 0 aliphatic heterocycles. The van der Waals surface area contributed by atoms with E-state index in [0.717, 1.165) is 15.7 Å². The van der Waals surface area contributed by atoms with Crippen molar-refractivity contribution in [2.24, 2.45) is 0 Å². The standard InChI is InChI=1S/C13H13BrN2O2/c1-9-11(7-17)6-15-13(16-9)18-8-10-4-2-3-5-12(10)14/h2-6,17H,7-8H2,1H3. The molecule has 1 N–H and O–H groups in total. The van der Waals surface area contributed by atoms with Gasteiger partial charge in [-0.05, 0) is 13.0 Å². The summed E-state index contributed by atoms with van der Waals surface area (Å²) in [5, 5.41) is 9.03. The topological polar surface area (TPSA) is 55.2 Å². The molecule has 0 aliphatic carbocycles. The van der Waals surface area contributed by atoms with Crippen molar-refractivity contribution in [1.29, 1.82) is 0 Å². The summed E-state index contributed by atoms with van der Waals surface area (Å²) in [4.78, 5) is 8.23. The molecule has 0 saturated carbocycles. The summed E-state index contributed by atoms with van der Waals surface area (Å²) in [5.41, 5.74) is 2.47. The number of aromatic nitrogens is 2. The van der Waals surface area contributed by atoms with E-state index in [2.05, 4.69) is 25.9 Å². The van der Waals surface area contributed by atoms with Gasteiger partial charge in [0.2, 0.25) is 0 Å². The largest absolute Gasteiger partial charge is 0.459 e. The minimum Gasteiger partial charge on any atom is -0.459 e. The molecule has 0 spiro atoms. The Morgan fingerprint density at radius 1 is 1.28 bits per heavy atom. The SMILES string of the molecule is Cc1nc(OCc2ccccc2Br)ncc1CO. The molecule has 0 fully saturated rings. The van der Waals surface area contributed by atoms with Gasteiger partial charge in [-0.25, -0.2) is 9.97 Å². The average Bonchev–Trinajstić information content (AvgIpc) is 2.38. The molecule has 94 valence electrons. The summed E-state index contributed by atoms with van der Waals surface area (Å²) in [6.45, 7) is 2.16. The molecule has 0 radical (unpaired) electrons. The van der Waals surface area contributed by atoms with Gasteiger partial charge < -0.3 is 9.84 Å². The summed E-state index contributed by atoms with van der Waals surface area (Å²) in [6, 6.07) is 8.15. The lowest BCUT2D eigenvalue weighted by atomic mass is 10.2. The maximum atomic E-state index is 9.03. The van der Waals surface area contributed by atoms with Crippen LogP contribution in [0.5, 0.6) is 6.01 Å². The molecular weight excluding hydrogens is 296 g/mol. The highest BCUT2D eigenvalue weighted by atomic mass is 79.9. The van der Waals surface area contributed by atoms with Gasteiger partial charge in [-0.3, -0.25) is 0 Å². The highest BCUT2D eigenvalue weighted by molar-refractivity contribution is 9.10. The van der Waals surface area contributed by atoms with Crippen molar-refractivity contribution < 1.29 is 9.84 Å². The zero-order chi connectivity index (χ0) is 13.0. The summed E-state index contributed by atoms with van der Waals surface area (Å²) in [7, 11) is 0. The van der Waals surface area contributed by atoms with Crippen molar-refractivity contribution in [1.82, 2.24) is 9.97 Å². The van der Waals surface area contributed by atoms with Gasteiger partial charge in [0.05, 0.1) is 12.3 Å². The average molecular weight is 309 g/mol. The van der Waals surface area contributed by atoms with Gasteiger partial charge in [0, 0.05) is 21.8 Å². The van der Waals surface area contributed by atoms with Crippen LogP contribution in [0.25, 0.3) is 0 Å². The van der Waals surface area contributed by atoms with Gasteiger partial charge in [-0.15, -0.1) is 0 Å². The Balaban J connectivity index is 2.07. The fourth-order valence-corrected chi connectivity index (χ4v) is 1.85. The molecular formula is C13H13BrN2O2. The third kappa shape index (κ3) is 3.05. The third-order valence-corrected chi connectivity index (χ3v) is 3.32. The zero-order valence-electron chi connectivity index (χ0n) is 9.93. The van der Waals surface area contributed by atoms with Gasteiger partial charge in [0.25, 0.3) is 0 Å². The first-order valence-electron chi connectivity index (χ1n) is 5.50. The van der Waals surface area contributed by atoms with Crippen molar-refractivity contribution in [3.05, 3.63) is 51.8 Å². The Labute approximate surface area is 114 Å². The lowest BCUT2D eigenvalue weighted by Crippen LogP contribution is -2.03. The van der Waals surface area contributed by atoms with Crippen molar-refractivity contribution in [2.45, 2.75) is 20.1 Å². The highest BCUT2D eigenvalue weighted by Crippen LogP contribution is 2.17. The number of halogens is 1. The number of ether oxygens (including phenoxy) is 1. The van der Waals surface area contributed by atoms with E-state index < -0.39 is 0 Å². The second-order valence-electron chi connectivity index (χ2n) is 3.80. The van der Waals surface area contributed by atoms with Gasteiger partial charge in [-0.2, -0.15) is 0 Å². The number of rotatable bonds is 4. The van der Waals surface area contributed by atoms with E-state index >= 15 is 0 Å². The zero-order valence-corrected chi connectivity index (χ0v) is 11.5. The summed E-state index contributed by atoms with van der Waals surface area (Å²) < 4.78 is 6.51. The number of aliphatic hydroxyl groups excluding tert-OH is 1. The third-order valence-electron chi connectivity index (χ3n) is 2.54. The molecule has 0 aliphatic rings. The molecule has 1 heterocycles. The van der Waals surface area contributed by atoms with Crippen LogP contribution in [-0.4, -0.2) is 15.1 Å². The van der Waals surface area contributed by atoms with Crippen molar-refractivity contribution >= 4 is 15.9 Å². The van der Waals surface area contributed by atoms with Crippen LogP contribution in [0.3, 0.4) is 0 Å². The molecule has 2 rings (SSSR count). The quantitative estimate of drug-likeness (QED) is 0.943. The molecule has 0 atom stereocenters. The van der Waals surface area contributed by atoms with Crippen molar-refractivity contribution in [3.63, 3.8) is 0 Å². The fourth-order valence-electron chi connectivity index (χ4n) is 1.45. The molecule has 1 aromatic heterocycles. The number of hydrogen-bond donors (Lipinski definition) is 1. The number of aliphatic hydroxyl groups is 1. The lowest BCUT2D eigenvalue weighted by Gasteiger charge is -2.07. The summed E-state index contributed by atoms with van der Waals surface area (Å²) >= 11 is 3.45. The molecule has 18 heavy (non-hydrogen) atoms. The van der Waals surface area contributed by atoms with Gasteiger partial charge in [0.15, 0.2) is 0 Å². The van der Waals surface area contributed by atoms with Crippen LogP contribution in [0.4, 0.5) is 0 Å².